The molecular weight excluding hydrogens is 348 g/mol. The summed E-state index contributed by atoms with van der Waals surface area (Å²) in [6.07, 6.45) is 1.38. The van der Waals surface area contributed by atoms with Crippen LogP contribution in [0, 0.1) is 0 Å². The molecule has 0 saturated heterocycles. The lowest BCUT2D eigenvalue weighted by atomic mass is 10.2. The largest absolute Gasteiger partial charge is 0.493 e. The van der Waals surface area contributed by atoms with Gasteiger partial charge in [-0.25, -0.2) is 9.78 Å². The van der Waals surface area contributed by atoms with Gasteiger partial charge in [-0.3, -0.25) is 4.79 Å². The van der Waals surface area contributed by atoms with Crippen molar-refractivity contribution in [2.24, 2.45) is 0 Å². The first-order valence-electron chi connectivity index (χ1n) is 7.29. The van der Waals surface area contributed by atoms with Gasteiger partial charge in [-0.05, 0) is 29.8 Å². The lowest BCUT2D eigenvalue weighted by Crippen LogP contribution is -2.28. The number of hydrogen-bond donors (Lipinski definition) is 1. The second-order valence-electron chi connectivity index (χ2n) is 4.90. The lowest BCUT2D eigenvalue weighted by Gasteiger charge is -2.10. The third kappa shape index (κ3) is 5.36. The highest BCUT2D eigenvalue weighted by Gasteiger charge is 2.12. The van der Waals surface area contributed by atoms with Crippen LogP contribution in [0.1, 0.15) is 16.1 Å². The van der Waals surface area contributed by atoms with Crippen LogP contribution in [0.4, 0.5) is 0 Å². The molecule has 0 aliphatic heterocycles. The molecule has 132 valence electrons. The van der Waals surface area contributed by atoms with E-state index in [9.17, 15) is 9.59 Å². The molecule has 25 heavy (non-hydrogen) atoms. The Bertz CT molecular complexity index is 766. The smallest absolute Gasteiger partial charge is 0.357 e. The van der Waals surface area contributed by atoms with Gasteiger partial charge in [0.2, 0.25) is 0 Å². The topological polar surface area (TPSA) is 86.8 Å². The number of pyridine rings is 1. The van der Waals surface area contributed by atoms with Crippen molar-refractivity contribution in [3.8, 4) is 11.5 Å². The Morgan fingerprint density at radius 1 is 1.12 bits per heavy atom. The van der Waals surface area contributed by atoms with Crippen molar-refractivity contribution in [3.63, 3.8) is 0 Å². The van der Waals surface area contributed by atoms with E-state index in [0.717, 1.165) is 5.56 Å². The van der Waals surface area contributed by atoms with Crippen molar-refractivity contribution < 1.29 is 23.8 Å². The fourth-order valence-corrected chi connectivity index (χ4v) is 2.12. The third-order valence-electron chi connectivity index (χ3n) is 3.20. The molecule has 0 aliphatic carbocycles. The number of rotatable bonds is 7. The lowest BCUT2D eigenvalue weighted by molar-refractivity contribution is -0.124. The van der Waals surface area contributed by atoms with Crippen LogP contribution in [0.3, 0.4) is 0 Å². The van der Waals surface area contributed by atoms with Crippen LogP contribution in [-0.2, 0) is 16.1 Å². The Hall–Kier alpha value is -2.80. The maximum absolute atomic E-state index is 11.8. The van der Waals surface area contributed by atoms with Crippen LogP contribution >= 0.6 is 11.6 Å². The Labute approximate surface area is 149 Å². The van der Waals surface area contributed by atoms with Crippen molar-refractivity contribution in [2.45, 2.75) is 6.54 Å². The summed E-state index contributed by atoms with van der Waals surface area (Å²) >= 11 is 5.77. The van der Waals surface area contributed by atoms with Gasteiger partial charge in [0.1, 0.15) is 5.69 Å². The van der Waals surface area contributed by atoms with Gasteiger partial charge in [0.25, 0.3) is 5.91 Å². The number of methoxy groups -OCH3 is 2. The predicted octanol–water partition coefficient (Wildman–Crippen LogP) is 2.23. The number of ether oxygens (including phenoxy) is 3. The normalized spacial score (nSPS) is 10.0. The van der Waals surface area contributed by atoms with E-state index in [0.29, 0.717) is 16.5 Å². The quantitative estimate of drug-likeness (QED) is 0.758. The van der Waals surface area contributed by atoms with E-state index >= 15 is 0 Å². The highest BCUT2D eigenvalue weighted by Crippen LogP contribution is 2.27. The molecule has 0 bridgehead atoms. The Morgan fingerprint density at radius 3 is 2.56 bits per heavy atom. The summed E-state index contributed by atoms with van der Waals surface area (Å²) in [4.78, 5) is 27.4. The van der Waals surface area contributed by atoms with E-state index in [4.69, 9.17) is 25.8 Å². The molecule has 0 spiro atoms. The van der Waals surface area contributed by atoms with Gasteiger partial charge in [-0.2, -0.15) is 0 Å². The molecule has 1 aromatic carbocycles. The number of carbonyl (C=O) groups excluding carboxylic acids is 2. The van der Waals surface area contributed by atoms with E-state index in [1.165, 1.54) is 25.4 Å². The zero-order valence-corrected chi connectivity index (χ0v) is 14.5. The summed E-state index contributed by atoms with van der Waals surface area (Å²) in [7, 11) is 3.08. The number of nitrogens with one attached hydrogen (secondary N) is 1. The molecule has 0 radical (unpaired) electrons. The average molecular weight is 365 g/mol. The van der Waals surface area contributed by atoms with Gasteiger partial charge >= 0.3 is 5.97 Å². The summed E-state index contributed by atoms with van der Waals surface area (Å²) in [5.74, 6) is 0.00201. The summed E-state index contributed by atoms with van der Waals surface area (Å²) in [5.41, 5.74) is 0.856. The molecule has 1 aromatic heterocycles. The highest BCUT2D eigenvalue weighted by molar-refractivity contribution is 6.30. The highest BCUT2D eigenvalue weighted by atomic mass is 35.5. The Kier molecular flexibility index (Phi) is 6.59. The molecule has 8 heteroatoms. The maximum atomic E-state index is 11.8. The molecule has 0 atom stereocenters. The number of hydrogen-bond acceptors (Lipinski definition) is 6. The van der Waals surface area contributed by atoms with Gasteiger partial charge < -0.3 is 19.5 Å². The van der Waals surface area contributed by atoms with Crippen molar-refractivity contribution in [2.75, 3.05) is 20.8 Å². The molecule has 0 aliphatic rings. The minimum absolute atomic E-state index is 0.0418. The molecule has 1 amide bonds. The molecule has 7 nitrogen and oxygen atoms in total. The third-order valence-corrected chi connectivity index (χ3v) is 3.44. The molecule has 2 rings (SSSR count). The Morgan fingerprint density at radius 2 is 1.88 bits per heavy atom. The van der Waals surface area contributed by atoms with Crippen LogP contribution in [0.15, 0.2) is 36.5 Å². The summed E-state index contributed by atoms with van der Waals surface area (Å²) in [5, 5.41) is 3.01. The minimum Gasteiger partial charge on any atom is -0.493 e. The molecular formula is C17H17ClN2O5. The van der Waals surface area contributed by atoms with Crippen molar-refractivity contribution in [3.05, 3.63) is 52.8 Å². The fraction of sp³-hybridized carbons (Fsp3) is 0.235. The van der Waals surface area contributed by atoms with Gasteiger partial charge in [0.15, 0.2) is 18.1 Å². The molecule has 0 saturated carbocycles. The minimum atomic E-state index is -0.719. The molecule has 0 unspecified atom stereocenters. The number of benzene rings is 1. The number of carbonyl (C=O) groups is 2. The summed E-state index contributed by atoms with van der Waals surface area (Å²) < 4.78 is 15.2. The summed E-state index contributed by atoms with van der Waals surface area (Å²) in [6.45, 7) is -0.160. The van der Waals surface area contributed by atoms with Crippen LogP contribution in [-0.4, -0.2) is 37.7 Å². The molecule has 2 aromatic rings. The fourth-order valence-electron chi connectivity index (χ4n) is 1.96. The zero-order valence-electron chi connectivity index (χ0n) is 13.7. The summed E-state index contributed by atoms with van der Waals surface area (Å²) in [6, 6.07) is 8.19. The first-order valence-corrected chi connectivity index (χ1v) is 7.67. The van der Waals surface area contributed by atoms with Gasteiger partial charge in [-0.15, -0.1) is 0 Å². The van der Waals surface area contributed by atoms with Crippen molar-refractivity contribution in [1.82, 2.24) is 10.3 Å². The first-order chi connectivity index (χ1) is 12.0. The van der Waals surface area contributed by atoms with E-state index in [2.05, 4.69) is 10.3 Å². The van der Waals surface area contributed by atoms with Crippen LogP contribution in [0.25, 0.3) is 0 Å². The molecule has 1 heterocycles. The molecule has 0 fully saturated rings. The standard InChI is InChI=1S/C17H17ClN2O5/c1-23-14-4-3-11(7-15(14)24-2)9-20-16(21)10-25-17(22)13-8-12(18)5-6-19-13/h3-8H,9-10H2,1-2H3,(H,20,21). The first kappa shape index (κ1) is 18.5. The Balaban J connectivity index is 1.83. The maximum Gasteiger partial charge on any atom is 0.357 e. The number of halogens is 1. The number of nitrogens with zero attached hydrogens (tertiary/aromatic N) is 1. The number of esters is 1. The monoisotopic (exact) mass is 364 g/mol. The SMILES string of the molecule is COc1ccc(CNC(=O)COC(=O)c2cc(Cl)ccn2)cc1OC. The zero-order chi connectivity index (χ0) is 18.2. The number of amides is 1. The molecule has 1 N–H and O–H groups in total. The predicted molar refractivity (Wildman–Crippen MR) is 90.9 cm³/mol. The van der Waals surface area contributed by atoms with E-state index < -0.39 is 18.5 Å². The second-order valence-corrected chi connectivity index (χ2v) is 5.34. The van der Waals surface area contributed by atoms with Crippen molar-refractivity contribution in [1.29, 1.82) is 0 Å². The van der Waals surface area contributed by atoms with E-state index in [1.807, 2.05) is 0 Å². The van der Waals surface area contributed by atoms with Gasteiger partial charge in [-0.1, -0.05) is 17.7 Å². The average Bonchev–Trinajstić information content (AvgIpc) is 2.64. The van der Waals surface area contributed by atoms with Crippen molar-refractivity contribution >= 4 is 23.5 Å². The van der Waals surface area contributed by atoms with Gasteiger partial charge in [0, 0.05) is 17.8 Å². The van der Waals surface area contributed by atoms with E-state index in [1.54, 1.807) is 25.3 Å². The van der Waals surface area contributed by atoms with Crippen LogP contribution < -0.4 is 14.8 Å². The van der Waals surface area contributed by atoms with Crippen LogP contribution in [0.5, 0.6) is 11.5 Å². The van der Waals surface area contributed by atoms with Crippen LogP contribution in [0.2, 0.25) is 5.02 Å². The number of aromatic nitrogens is 1. The van der Waals surface area contributed by atoms with E-state index in [-0.39, 0.29) is 12.2 Å². The van der Waals surface area contributed by atoms with Gasteiger partial charge in [0.05, 0.1) is 14.2 Å². The second kappa shape index (κ2) is 8.89.